The Balaban J connectivity index is 1.51. The average molecular weight is 485 g/mol. The van der Waals surface area contributed by atoms with E-state index in [1.54, 1.807) is 12.1 Å². The zero-order valence-electron chi connectivity index (χ0n) is 18.9. The summed E-state index contributed by atoms with van der Waals surface area (Å²) >= 11 is 6.46. The van der Waals surface area contributed by atoms with Gasteiger partial charge in [-0.05, 0) is 53.8 Å². The van der Waals surface area contributed by atoms with Crippen molar-refractivity contribution >= 4 is 11.6 Å². The highest BCUT2D eigenvalue weighted by Gasteiger charge is 2.45. The van der Waals surface area contributed by atoms with Crippen LogP contribution in [0.5, 0.6) is 5.75 Å². The number of hydrogen-bond donors (Lipinski definition) is 3. The van der Waals surface area contributed by atoms with Crippen molar-refractivity contribution in [2.75, 3.05) is 6.61 Å². The zero-order valence-corrected chi connectivity index (χ0v) is 19.6. The number of aliphatic hydroxyl groups is 3. The maximum absolute atomic E-state index is 10.7. The molecule has 34 heavy (non-hydrogen) atoms. The van der Waals surface area contributed by atoms with E-state index in [0.29, 0.717) is 23.6 Å². The van der Waals surface area contributed by atoms with Crippen molar-refractivity contribution < 1.29 is 29.5 Å². The van der Waals surface area contributed by atoms with Gasteiger partial charge in [-0.3, -0.25) is 0 Å². The van der Waals surface area contributed by atoms with Crippen molar-refractivity contribution in [1.29, 1.82) is 0 Å². The van der Waals surface area contributed by atoms with Gasteiger partial charge >= 0.3 is 0 Å². The number of hydrogen-bond acceptors (Lipinski definition) is 6. The number of benzene rings is 3. The van der Waals surface area contributed by atoms with Crippen LogP contribution in [0, 0.1) is 0 Å². The molecule has 1 unspecified atom stereocenters. The Labute approximate surface area is 204 Å². The predicted molar refractivity (Wildman–Crippen MR) is 129 cm³/mol. The van der Waals surface area contributed by atoms with Crippen LogP contribution in [0.2, 0.25) is 5.02 Å². The lowest BCUT2D eigenvalue weighted by atomic mass is 9.92. The van der Waals surface area contributed by atoms with Gasteiger partial charge in [0.25, 0.3) is 0 Å². The molecule has 0 spiro atoms. The van der Waals surface area contributed by atoms with E-state index in [2.05, 4.69) is 0 Å². The molecule has 6 nitrogen and oxygen atoms in total. The molecular weight excluding hydrogens is 456 g/mol. The van der Waals surface area contributed by atoms with Crippen molar-refractivity contribution in [1.82, 2.24) is 0 Å². The summed E-state index contributed by atoms with van der Waals surface area (Å²) in [5.74, 6) is 0.805. The van der Waals surface area contributed by atoms with Crippen LogP contribution >= 0.6 is 11.6 Å². The molecule has 0 aromatic heterocycles. The second-order valence-electron chi connectivity index (χ2n) is 8.30. The van der Waals surface area contributed by atoms with E-state index in [9.17, 15) is 15.3 Å². The molecule has 3 N–H and O–H groups in total. The molecule has 0 radical (unpaired) electrons. The summed E-state index contributed by atoms with van der Waals surface area (Å²) in [5.41, 5.74) is 3.44. The summed E-state index contributed by atoms with van der Waals surface area (Å²) in [6, 6.07) is 22.6. The SMILES string of the molecule is CCOc1ccc(Cc2cc([C@@H]3OC(OCc4ccccc4)[C@@H](O)[C@H](O)[C@H]3O)ccc2Cl)cc1. The van der Waals surface area contributed by atoms with Crippen LogP contribution in [-0.4, -0.2) is 46.5 Å². The van der Waals surface area contributed by atoms with Gasteiger partial charge in [-0.25, -0.2) is 0 Å². The number of rotatable bonds is 8. The topological polar surface area (TPSA) is 88.4 Å². The first-order valence-electron chi connectivity index (χ1n) is 11.3. The lowest BCUT2D eigenvalue weighted by Crippen LogP contribution is -2.54. The Morgan fingerprint density at radius 1 is 0.853 bits per heavy atom. The second-order valence-corrected chi connectivity index (χ2v) is 8.71. The fraction of sp³-hybridized carbons (Fsp3) is 0.333. The van der Waals surface area contributed by atoms with Crippen LogP contribution in [0.25, 0.3) is 0 Å². The summed E-state index contributed by atoms with van der Waals surface area (Å²) in [5, 5.41) is 32.1. The minimum absolute atomic E-state index is 0.196. The van der Waals surface area contributed by atoms with E-state index in [0.717, 1.165) is 22.4 Å². The molecule has 0 bridgehead atoms. The maximum atomic E-state index is 10.7. The van der Waals surface area contributed by atoms with Crippen molar-refractivity contribution in [2.45, 2.75) is 50.7 Å². The van der Waals surface area contributed by atoms with Gasteiger partial charge < -0.3 is 29.5 Å². The lowest BCUT2D eigenvalue weighted by molar-refractivity contribution is -0.302. The van der Waals surface area contributed by atoms with Crippen LogP contribution in [0.15, 0.2) is 72.8 Å². The predicted octanol–water partition coefficient (Wildman–Crippen LogP) is 4.03. The maximum Gasteiger partial charge on any atom is 0.187 e. The highest BCUT2D eigenvalue weighted by atomic mass is 35.5. The molecule has 7 heteroatoms. The van der Waals surface area contributed by atoms with Gasteiger partial charge in [0.15, 0.2) is 6.29 Å². The van der Waals surface area contributed by atoms with Gasteiger partial charge in [0, 0.05) is 5.02 Å². The quantitative estimate of drug-likeness (QED) is 0.447. The van der Waals surface area contributed by atoms with E-state index in [4.69, 9.17) is 25.8 Å². The van der Waals surface area contributed by atoms with Gasteiger partial charge in [0.1, 0.15) is 30.2 Å². The largest absolute Gasteiger partial charge is 0.494 e. The number of ether oxygens (including phenoxy) is 3. The van der Waals surface area contributed by atoms with E-state index >= 15 is 0 Å². The highest BCUT2D eigenvalue weighted by molar-refractivity contribution is 6.31. The Morgan fingerprint density at radius 3 is 2.29 bits per heavy atom. The molecule has 0 aliphatic carbocycles. The smallest absolute Gasteiger partial charge is 0.187 e. The van der Waals surface area contributed by atoms with E-state index in [1.165, 1.54) is 0 Å². The second kappa shape index (κ2) is 11.3. The van der Waals surface area contributed by atoms with Crippen molar-refractivity contribution in [3.8, 4) is 5.75 Å². The molecule has 3 aromatic carbocycles. The third-order valence-electron chi connectivity index (χ3n) is 5.85. The molecule has 0 amide bonds. The van der Waals surface area contributed by atoms with Gasteiger partial charge in [-0.2, -0.15) is 0 Å². The van der Waals surface area contributed by atoms with Gasteiger partial charge in [0.2, 0.25) is 0 Å². The first kappa shape index (κ1) is 24.7. The minimum atomic E-state index is -1.43. The molecule has 1 aliphatic heterocycles. The average Bonchev–Trinajstić information content (AvgIpc) is 2.86. The van der Waals surface area contributed by atoms with Gasteiger partial charge in [-0.1, -0.05) is 66.2 Å². The summed E-state index contributed by atoms with van der Waals surface area (Å²) in [7, 11) is 0. The summed E-state index contributed by atoms with van der Waals surface area (Å²) in [6.45, 7) is 2.74. The van der Waals surface area contributed by atoms with Crippen LogP contribution in [0.3, 0.4) is 0 Å². The summed E-state index contributed by atoms with van der Waals surface area (Å²) in [4.78, 5) is 0. The van der Waals surface area contributed by atoms with Gasteiger partial charge in [-0.15, -0.1) is 0 Å². The molecule has 1 saturated heterocycles. The van der Waals surface area contributed by atoms with Crippen LogP contribution in [0.1, 0.15) is 35.3 Å². The normalized spacial score (nSPS) is 24.7. The fourth-order valence-corrected chi connectivity index (χ4v) is 4.20. The van der Waals surface area contributed by atoms with Crippen LogP contribution in [0.4, 0.5) is 0 Å². The molecule has 180 valence electrons. The highest BCUT2D eigenvalue weighted by Crippen LogP contribution is 2.35. The Morgan fingerprint density at radius 2 is 1.59 bits per heavy atom. The van der Waals surface area contributed by atoms with Crippen LogP contribution in [-0.2, 0) is 22.5 Å². The zero-order chi connectivity index (χ0) is 24.1. The Hall–Kier alpha value is -2.45. The molecule has 1 heterocycles. The fourth-order valence-electron chi connectivity index (χ4n) is 4.01. The summed E-state index contributed by atoms with van der Waals surface area (Å²) in [6.07, 6.45) is -5.56. The summed E-state index contributed by atoms with van der Waals surface area (Å²) < 4.78 is 17.2. The van der Waals surface area contributed by atoms with Gasteiger partial charge in [0.05, 0.1) is 13.2 Å². The molecule has 1 aliphatic rings. The third kappa shape index (κ3) is 5.78. The number of halogens is 1. The molecule has 3 aromatic rings. The Bertz CT molecular complexity index is 1060. The molecule has 0 saturated carbocycles. The lowest BCUT2D eigenvalue weighted by Gasteiger charge is -2.40. The molecule has 5 atom stereocenters. The number of aliphatic hydroxyl groups excluding tert-OH is 3. The third-order valence-corrected chi connectivity index (χ3v) is 6.22. The molecular formula is C27H29ClO6. The molecule has 4 rings (SSSR count). The minimum Gasteiger partial charge on any atom is -0.494 e. The first-order valence-corrected chi connectivity index (χ1v) is 11.7. The standard InChI is InChI=1S/C27H29ClO6/c1-2-32-21-11-8-17(9-12-21)14-20-15-19(10-13-22(20)28)26-24(30)23(29)25(31)27(34-26)33-16-18-6-4-3-5-7-18/h3-13,15,23-27,29-31H,2,14,16H2,1H3/t23-,24-,25+,26+,27?/m1/s1. The van der Waals surface area contributed by atoms with E-state index in [1.807, 2.05) is 67.6 Å². The van der Waals surface area contributed by atoms with E-state index in [-0.39, 0.29) is 6.61 Å². The Kier molecular flexibility index (Phi) is 8.21. The first-order chi connectivity index (χ1) is 16.5. The van der Waals surface area contributed by atoms with Crippen LogP contribution < -0.4 is 4.74 Å². The van der Waals surface area contributed by atoms with Crippen molar-refractivity contribution in [3.63, 3.8) is 0 Å². The monoisotopic (exact) mass is 484 g/mol. The van der Waals surface area contributed by atoms with Crippen molar-refractivity contribution in [2.24, 2.45) is 0 Å². The van der Waals surface area contributed by atoms with E-state index < -0.39 is 30.7 Å². The van der Waals surface area contributed by atoms with Crippen molar-refractivity contribution in [3.05, 3.63) is 100 Å². The molecule has 1 fully saturated rings.